The molecule has 0 saturated carbocycles. The Balaban J connectivity index is 1.78. The van der Waals surface area contributed by atoms with Crippen molar-refractivity contribution in [3.05, 3.63) is 59.9 Å². The minimum atomic E-state index is -0.917. The summed E-state index contributed by atoms with van der Waals surface area (Å²) < 4.78 is 5.72. The van der Waals surface area contributed by atoms with Gasteiger partial charge >= 0.3 is 0 Å². The second kappa shape index (κ2) is 11.8. The first-order valence-corrected chi connectivity index (χ1v) is 11.5. The normalized spacial score (nSPS) is 16.5. The number of carbonyl (C=O) groups excluding carboxylic acids is 1. The molecule has 1 aromatic heterocycles. The zero-order valence-corrected chi connectivity index (χ0v) is 18.6. The number of nitrogens with one attached hydrogen (secondary N) is 2. The number of nitrogens with zero attached hydrogens (tertiary/aromatic N) is 1. The molecule has 1 fully saturated rings. The number of piperidine rings is 1. The van der Waals surface area contributed by atoms with Crippen molar-refractivity contribution in [2.24, 2.45) is 11.7 Å². The Morgan fingerprint density at radius 3 is 2.55 bits per heavy atom. The standard InChI is InChI=1S/C25H36N4O2/c1-2-19-31-23-5-3-22(4-6-23)25(24(26)30,13-7-20-8-14-27-15-9-20)29-18-12-21-10-16-28-17-11-21/h3-6,8-9,14-15,21,28-29H,2,7,10-13,16-19H2,1H3,(H2,26,30). The van der Waals surface area contributed by atoms with Gasteiger partial charge < -0.3 is 15.8 Å². The van der Waals surface area contributed by atoms with Crippen molar-refractivity contribution >= 4 is 5.91 Å². The Labute approximate surface area is 186 Å². The molecular weight excluding hydrogens is 388 g/mol. The van der Waals surface area contributed by atoms with E-state index in [0.717, 1.165) is 55.8 Å². The number of rotatable bonds is 12. The molecule has 1 unspecified atom stereocenters. The maximum absolute atomic E-state index is 12.9. The molecule has 0 bridgehead atoms. The molecule has 0 radical (unpaired) electrons. The number of primary amides is 1. The fraction of sp³-hybridized carbons (Fsp3) is 0.520. The highest BCUT2D eigenvalue weighted by Crippen LogP contribution is 2.29. The van der Waals surface area contributed by atoms with Crippen LogP contribution in [0, 0.1) is 5.92 Å². The molecule has 1 aliphatic heterocycles. The van der Waals surface area contributed by atoms with E-state index in [0.29, 0.717) is 18.9 Å². The zero-order chi connectivity index (χ0) is 21.9. The molecule has 3 rings (SSSR count). The maximum Gasteiger partial charge on any atom is 0.242 e. The van der Waals surface area contributed by atoms with E-state index in [-0.39, 0.29) is 5.91 Å². The Hall–Kier alpha value is -2.44. The number of amides is 1. The van der Waals surface area contributed by atoms with Gasteiger partial charge in [-0.2, -0.15) is 0 Å². The van der Waals surface area contributed by atoms with Gasteiger partial charge in [-0.25, -0.2) is 0 Å². The molecule has 6 nitrogen and oxygen atoms in total. The molecule has 1 aromatic carbocycles. The van der Waals surface area contributed by atoms with E-state index in [1.54, 1.807) is 12.4 Å². The van der Waals surface area contributed by atoms with Crippen molar-refractivity contribution in [1.82, 2.24) is 15.6 Å². The van der Waals surface area contributed by atoms with E-state index >= 15 is 0 Å². The van der Waals surface area contributed by atoms with Crippen LogP contribution in [-0.2, 0) is 16.8 Å². The van der Waals surface area contributed by atoms with Crippen LogP contribution in [0.3, 0.4) is 0 Å². The third-order valence-corrected chi connectivity index (χ3v) is 6.22. The summed E-state index contributed by atoms with van der Waals surface area (Å²) in [6.07, 6.45) is 9.27. The Morgan fingerprint density at radius 1 is 1.19 bits per heavy atom. The highest BCUT2D eigenvalue weighted by Gasteiger charge is 2.38. The number of benzene rings is 1. The van der Waals surface area contributed by atoms with Gasteiger partial charge in [0, 0.05) is 12.4 Å². The van der Waals surface area contributed by atoms with E-state index in [1.165, 1.54) is 12.8 Å². The van der Waals surface area contributed by atoms with Gasteiger partial charge in [0.1, 0.15) is 11.3 Å². The average Bonchev–Trinajstić information content (AvgIpc) is 2.81. The third kappa shape index (κ3) is 6.52. The Bertz CT molecular complexity index is 791. The largest absolute Gasteiger partial charge is 0.494 e. The molecule has 31 heavy (non-hydrogen) atoms. The lowest BCUT2D eigenvalue weighted by Gasteiger charge is -2.34. The lowest BCUT2D eigenvalue weighted by atomic mass is 9.82. The first-order valence-electron chi connectivity index (χ1n) is 11.5. The lowest BCUT2D eigenvalue weighted by molar-refractivity contribution is -0.125. The summed E-state index contributed by atoms with van der Waals surface area (Å²) in [7, 11) is 0. The van der Waals surface area contributed by atoms with E-state index in [4.69, 9.17) is 10.5 Å². The molecule has 0 spiro atoms. The number of aryl methyl sites for hydroxylation is 1. The number of hydrogen-bond acceptors (Lipinski definition) is 5. The van der Waals surface area contributed by atoms with Crippen LogP contribution in [0.2, 0.25) is 0 Å². The summed E-state index contributed by atoms with van der Waals surface area (Å²) in [5.74, 6) is 1.16. The summed E-state index contributed by atoms with van der Waals surface area (Å²) in [4.78, 5) is 17.0. The van der Waals surface area contributed by atoms with Crippen molar-refractivity contribution in [3.8, 4) is 5.75 Å². The van der Waals surface area contributed by atoms with Crippen LogP contribution < -0.4 is 21.1 Å². The number of hydrogen-bond donors (Lipinski definition) is 3. The minimum Gasteiger partial charge on any atom is -0.494 e. The van der Waals surface area contributed by atoms with Crippen molar-refractivity contribution in [3.63, 3.8) is 0 Å². The second-order valence-corrected chi connectivity index (χ2v) is 8.41. The van der Waals surface area contributed by atoms with E-state index in [9.17, 15) is 4.79 Å². The maximum atomic E-state index is 12.9. The summed E-state index contributed by atoms with van der Waals surface area (Å²) in [6.45, 7) is 5.67. The zero-order valence-electron chi connectivity index (χ0n) is 18.6. The lowest BCUT2D eigenvalue weighted by Crippen LogP contribution is -2.53. The van der Waals surface area contributed by atoms with E-state index in [1.807, 2.05) is 36.4 Å². The average molecular weight is 425 g/mol. The fourth-order valence-corrected chi connectivity index (χ4v) is 4.28. The SMILES string of the molecule is CCCOc1ccc(C(CCc2ccncc2)(NCCC2CCNCC2)C(N)=O)cc1. The topological polar surface area (TPSA) is 89.3 Å². The summed E-state index contributed by atoms with van der Waals surface area (Å²) in [6, 6.07) is 11.8. The molecule has 2 aromatic rings. The summed E-state index contributed by atoms with van der Waals surface area (Å²) in [5.41, 5.74) is 7.17. The highest BCUT2D eigenvalue weighted by atomic mass is 16.5. The van der Waals surface area contributed by atoms with Gasteiger partial charge in [-0.1, -0.05) is 19.1 Å². The Kier molecular flexibility index (Phi) is 8.85. The van der Waals surface area contributed by atoms with Crippen molar-refractivity contribution in [1.29, 1.82) is 0 Å². The summed E-state index contributed by atoms with van der Waals surface area (Å²) in [5, 5.41) is 6.99. The molecule has 168 valence electrons. The predicted octanol–water partition coefficient (Wildman–Crippen LogP) is 3.16. The molecule has 1 aliphatic rings. The third-order valence-electron chi connectivity index (χ3n) is 6.22. The van der Waals surface area contributed by atoms with Gasteiger partial charge in [0.2, 0.25) is 5.91 Å². The Morgan fingerprint density at radius 2 is 1.90 bits per heavy atom. The molecule has 2 heterocycles. The van der Waals surface area contributed by atoms with Gasteiger partial charge in [0.25, 0.3) is 0 Å². The van der Waals surface area contributed by atoms with Crippen LogP contribution >= 0.6 is 0 Å². The van der Waals surface area contributed by atoms with Crippen molar-refractivity contribution in [2.75, 3.05) is 26.2 Å². The van der Waals surface area contributed by atoms with Gasteiger partial charge in [-0.05, 0) is 99.5 Å². The van der Waals surface area contributed by atoms with Crippen LogP contribution in [0.5, 0.6) is 5.75 Å². The van der Waals surface area contributed by atoms with Crippen LogP contribution in [0.15, 0.2) is 48.8 Å². The predicted molar refractivity (Wildman–Crippen MR) is 124 cm³/mol. The van der Waals surface area contributed by atoms with Gasteiger partial charge in [-0.15, -0.1) is 0 Å². The first kappa shape index (κ1) is 23.2. The van der Waals surface area contributed by atoms with Crippen molar-refractivity contribution < 1.29 is 9.53 Å². The fourth-order valence-electron chi connectivity index (χ4n) is 4.28. The van der Waals surface area contributed by atoms with E-state index in [2.05, 4.69) is 22.5 Å². The van der Waals surface area contributed by atoms with Gasteiger partial charge in [0.05, 0.1) is 6.61 Å². The monoisotopic (exact) mass is 424 g/mol. The van der Waals surface area contributed by atoms with Crippen molar-refractivity contribution in [2.45, 2.75) is 51.0 Å². The number of aromatic nitrogens is 1. The molecule has 1 atom stereocenters. The molecule has 4 N–H and O–H groups in total. The quantitative estimate of drug-likeness (QED) is 0.487. The van der Waals surface area contributed by atoms with Crippen LogP contribution in [0.1, 0.15) is 50.2 Å². The van der Waals surface area contributed by atoms with Crippen LogP contribution in [-0.4, -0.2) is 37.1 Å². The highest BCUT2D eigenvalue weighted by molar-refractivity contribution is 5.86. The molecular formula is C25H36N4O2. The van der Waals surface area contributed by atoms with Gasteiger partial charge in [-0.3, -0.25) is 15.1 Å². The minimum absolute atomic E-state index is 0.339. The second-order valence-electron chi connectivity index (χ2n) is 8.41. The number of carbonyl (C=O) groups is 1. The van der Waals surface area contributed by atoms with Crippen LogP contribution in [0.25, 0.3) is 0 Å². The smallest absolute Gasteiger partial charge is 0.242 e. The molecule has 1 amide bonds. The van der Waals surface area contributed by atoms with Gasteiger partial charge in [0.15, 0.2) is 0 Å². The van der Waals surface area contributed by atoms with E-state index < -0.39 is 5.54 Å². The molecule has 6 heteroatoms. The number of nitrogens with two attached hydrogens (primary N) is 1. The molecule has 0 aliphatic carbocycles. The summed E-state index contributed by atoms with van der Waals surface area (Å²) >= 11 is 0. The first-order chi connectivity index (χ1) is 15.1. The number of pyridine rings is 1. The van der Waals surface area contributed by atoms with Crippen LogP contribution in [0.4, 0.5) is 0 Å². The molecule has 1 saturated heterocycles. The number of ether oxygens (including phenoxy) is 1.